The molecule has 1 aliphatic rings. The van der Waals surface area contributed by atoms with Crippen molar-refractivity contribution in [2.45, 2.75) is 13.3 Å². The molecule has 0 bridgehead atoms. The zero-order valence-electron chi connectivity index (χ0n) is 15.2. The maximum absolute atomic E-state index is 12.0. The highest BCUT2D eigenvalue weighted by Gasteiger charge is 2.12. The van der Waals surface area contributed by atoms with Crippen molar-refractivity contribution in [1.29, 1.82) is 0 Å². The number of hydrogen-bond donors (Lipinski definition) is 0. The van der Waals surface area contributed by atoms with Crippen molar-refractivity contribution in [2.24, 2.45) is 0 Å². The third-order valence-corrected chi connectivity index (χ3v) is 4.76. The van der Waals surface area contributed by atoms with Crippen molar-refractivity contribution in [3.05, 3.63) is 113 Å². The molecule has 0 radical (unpaired) electrons. The van der Waals surface area contributed by atoms with Gasteiger partial charge in [0.05, 0.1) is 5.39 Å². The Labute approximate surface area is 158 Å². The predicted octanol–water partition coefficient (Wildman–Crippen LogP) is 6.37. The van der Waals surface area contributed by atoms with Crippen LogP contribution in [-0.2, 0) is 0 Å². The SMILES string of the molecule is CC1=C(c2cc(=O)c3ccccc3o2)CC=C1.c1ccc2ccccc2c1. The van der Waals surface area contributed by atoms with Gasteiger partial charge in [-0.05, 0) is 41.8 Å². The van der Waals surface area contributed by atoms with Gasteiger partial charge in [-0.1, -0.05) is 72.8 Å². The molecule has 0 saturated carbocycles. The summed E-state index contributed by atoms with van der Waals surface area (Å²) in [6.45, 7) is 2.04. The van der Waals surface area contributed by atoms with Gasteiger partial charge in [-0.15, -0.1) is 0 Å². The van der Waals surface area contributed by atoms with Crippen LogP contribution in [-0.4, -0.2) is 0 Å². The number of allylic oxidation sites excluding steroid dienone is 4. The Morgan fingerprint density at radius 3 is 2.00 bits per heavy atom. The highest BCUT2D eigenvalue weighted by molar-refractivity contribution is 5.82. The van der Waals surface area contributed by atoms with Gasteiger partial charge in [-0.2, -0.15) is 0 Å². The molecule has 3 aromatic carbocycles. The van der Waals surface area contributed by atoms with Crippen LogP contribution in [0.3, 0.4) is 0 Å². The second kappa shape index (κ2) is 7.46. The Morgan fingerprint density at radius 1 is 0.815 bits per heavy atom. The normalized spacial score (nSPS) is 13.1. The van der Waals surface area contributed by atoms with E-state index in [0.29, 0.717) is 16.7 Å². The first-order chi connectivity index (χ1) is 13.2. The summed E-state index contributed by atoms with van der Waals surface area (Å²) >= 11 is 0. The van der Waals surface area contributed by atoms with Crippen molar-refractivity contribution >= 4 is 27.3 Å². The fourth-order valence-corrected chi connectivity index (χ4v) is 3.30. The zero-order valence-corrected chi connectivity index (χ0v) is 15.2. The van der Waals surface area contributed by atoms with Crippen molar-refractivity contribution in [1.82, 2.24) is 0 Å². The maximum atomic E-state index is 12.0. The summed E-state index contributed by atoms with van der Waals surface area (Å²) in [7, 11) is 0. The van der Waals surface area contributed by atoms with E-state index in [1.165, 1.54) is 16.3 Å². The molecule has 0 N–H and O–H groups in total. The Bertz CT molecular complexity index is 1160. The van der Waals surface area contributed by atoms with E-state index in [4.69, 9.17) is 4.42 Å². The molecule has 0 fully saturated rings. The molecule has 0 spiro atoms. The van der Waals surface area contributed by atoms with Crippen LogP contribution in [0.2, 0.25) is 0 Å². The molecule has 2 heteroatoms. The largest absolute Gasteiger partial charge is 0.456 e. The predicted molar refractivity (Wildman–Crippen MR) is 113 cm³/mol. The van der Waals surface area contributed by atoms with Crippen LogP contribution in [0, 0.1) is 0 Å². The minimum atomic E-state index is 0.0223. The van der Waals surface area contributed by atoms with E-state index in [0.717, 1.165) is 12.0 Å². The number of rotatable bonds is 1. The van der Waals surface area contributed by atoms with E-state index >= 15 is 0 Å². The Balaban J connectivity index is 0.000000153. The van der Waals surface area contributed by atoms with E-state index in [-0.39, 0.29) is 5.43 Å². The van der Waals surface area contributed by atoms with Crippen molar-refractivity contribution in [3.8, 4) is 0 Å². The molecule has 132 valence electrons. The van der Waals surface area contributed by atoms with Gasteiger partial charge < -0.3 is 4.42 Å². The topological polar surface area (TPSA) is 30.2 Å². The molecule has 1 aliphatic carbocycles. The lowest BCUT2D eigenvalue weighted by atomic mass is 10.1. The molecule has 0 atom stereocenters. The quantitative estimate of drug-likeness (QED) is 0.399. The molecule has 0 saturated heterocycles. The van der Waals surface area contributed by atoms with Crippen molar-refractivity contribution in [2.75, 3.05) is 0 Å². The van der Waals surface area contributed by atoms with Gasteiger partial charge in [0.2, 0.25) is 0 Å². The van der Waals surface area contributed by atoms with E-state index in [1.54, 1.807) is 12.1 Å². The van der Waals surface area contributed by atoms with Crippen LogP contribution in [0.4, 0.5) is 0 Å². The highest BCUT2D eigenvalue weighted by Crippen LogP contribution is 2.29. The summed E-state index contributed by atoms with van der Waals surface area (Å²) in [6, 6.07) is 25.7. The van der Waals surface area contributed by atoms with E-state index in [1.807, 2.05) is 25.1 Å². The molecule has 4 aromatic rings. The van der Waals surface area contributed by atoms with Gasteiger partial charge in [-0.3, -0.25) is 4.79 Å². The van der Waals surface area contributed by atoms with Crippen molar-refractivity contribution < 1.29 is 4.42 Å². The third-order valence-electron chi connectivity index (χ3n) is 4.76. The second-order valence-electron chi connectivity index (χ2n) is 6.59. The number of para-hydroxylation sites is 1. The Hall–Kier alpha value is -3.39. The van der Waals surface area contributed by atoms with Crippen LogP contribution in [0.1, 0.15) is 19.1 Å². The molecule has 1 aromatic heterocycles. The lowest BCUT2D eigenvalue weighted by molar-refractivity contribution is 0.584. The van der Waals surface area contributed by atoms with Gasteiger partial charge >= 0.3 is 0 Å². The van der Waals surface area contributed by atoms with Crippen LogP contribution < -0.4 is 5.43 Å². The first kappa shape index (κ1) is 17.0. The minimum absolute atomic E-state index is 0.0223. The summed E-state index contributed by atoms with van der Waals surface area (Å²) in [5.74, 6) is 0.691. The van der Waals surface area contributed by atoms with E-state index < -0.39 is 0 Å². The number of benzene rings is 3. The fourth-order valence-electron chi connectivity index (χ4n) is 3.30. The Morgan fingerprint density at radius 2 is 1.41 bits per heavy atom. The molecule has 1 heterocycles. The summed E-state index contributed by atoms with van der Waals surface area (Å²) < 4.78 is 5.80. The first-order valence-corrected chi connectivity index (χ1v) is 9.06. The minimum Gasteiger partial charge on any atom is -0.456 e. The zero-order chi connectivity index (χ0) is 18.6. The summed E-state index contributed by atoms with van der Waals surface area (Å²) in [6.07, 6.45) is 4.98. The van der Waals surface area contributed by atoms with E-state index in [9.17, 15) is 4.79 Å². The monoisotopic (exact) mass is 352 g/mol. The van der Waals surface area contributed by atoms with Crippen LogP contribution >= 0.6 is 0 Å². The molecule has 2 nitrogen and oxygen atoms in total. The lowest BCUT2D eigenvalue weighted by Crippen LogP contribution is -2.01. The smallest absolute Gasteiger partial charge is 0.193 e. The highest BCUT2D eigenvalue weighted by atomic mass is 16.3. The third kappa shape index (κ3) is 3.61. The van der Waals surface area contributed by atoms with Gasteiger partial charge in [0.25, 0.3) is 0 Å². The standard InChI is InChI=1S/C15H12O2.C10H8/c1-10-5-4-7-11(10)15-9-13(16)12-6-2-3-8-14(12)17-15;1-2-6-10-8-4-3-7-9(10)5-1/h2-6,8-9H,7H2,1H3;1-8H. The second-order valence-corrected chi connectivity index (χ2v) is 6.59. The summed E-state index contributed by atoms with van der Waals surface area (Å²) in [5.41, 5.74) is 2.95. The van der Waals surface area contributed by atoms with Crippen LogP contribution in [0.15, 0.2) is 106 Å². The summed E-state index contributed by atoms with van der Waals surface area (Å²) in [4.78, 5) is 12.0. The van der Waals surface area contributed by atoms with Gasteiger partial charge in [0.1, 0.15) is 11.3 Å². The first-order valence-electron chi connectivity index (χ1n) is 9.06. The van der Waals surface area contributed by atoms with E-state index in [2.05, 4.69) is 60.7 Å². The molecule has 0 aliphatic heterocycles. The molecular weight excluding hydrogens is 332 g/mol. The molecule has 27 heavy (non-hydrogen) atoms. The average molecular weight is 352 g/mol. The van der Waals surface area contributed by atoms with Gasteiger partial charge in [-0.25, -0.2) is 0 Å². The van der Waals surface area contributed by atoms with Gasteiger partial charge in [0, 0.05) is 11.6 Å². The molecule has 0 unspecified atom stereocenters. The number of fused-ring (bicyclic) bond motifs is 2. The fraction of sp³-hybridized carbons (Fsp3) is 0.0800. The molecular formula is C25H20O2. The van der Waals surface area contributed by atoms with Crippen LogP contribution in [0.5, 0.6) is 0 Å². The molecule has 0 amide bonds. The average Bonchev–Trinajstić information content (AvgIpc) is 3.14. The summed E-state index contributed by atoms with van der Waals surface area (Å²) in [5, 5.41) is 3.26. The lowest BCUT2D eigenvalue weighted by Gasteiger charge is -2.04. The van der Waals surface area contributed by atoms with Crippen molar-refractivity contribution in [3.63, 3.8) is 0 Å². The molecule has 5 rings (SSSR count). The van der Waals surface area contributed by atoms with Crippen LogP contribution in [0.25, 0.3) is 27.3 Å². The maximum Gasteiger partial charge on any atom is 0.193 e. The van der Waals surface area contributed by atoms with Gasteiger partial charge in [0.15, 0.2) is 5.43 Å². The Kier molecular flexibility index (Phi) is 4.71. The number of hydrogen-bond acceptors (Lipinski definition) is 2.